The molecule has 1 aliphatic rings. The molecule has 5 nitrogen and oxygen atoms in total. The van der Waals surface area contributed by atoms with Gasteiger partial charge in [-0.15, -0.1) is 0 Å². The van der Waals surface area contributed by atoms with Crippen LogP contribution in [0, 0.1) is 0 Å². The molecule has 0 aliphatic carbocycles. The number of hydrogen-bond donors (Lipinski definition) is 2. The van der Waals surface area contributed by atoms with Crippen molar-refractivity contribution in [1.82, 2.24) is 0 Å². The second-order valence-electron chi connectivity index (χ2n) is 6.39. The molecule has 26 heavy (non-hydrogen) atoms. The van der Waals surface area contributed by atoms with Crippen LogP contribution in [0.5, 0.6) is 0 Å². The van der Waals surface area contributed by atoms with Gasteiger partial charge in [0, 0.05) is 16.4 Å². The highest BCUT2D eigenvalue weighted by molar-refractivity contribution is 6.31. The van der Waals surface area contributed by atoms with Gasteiger partial charge in [-0.2, -0.15) is 0 Å². The molecule has 0 fully saturated rings. The number of aliphatic hydroxyl groups is 1. The van der Waals surface area contributed by atoms with Crippen molar-refractivity contribution in [1.29, 1.82) is 0 Å². The first-order valence-electron chi connectivity index (χ1n) is 8.28. The lowest BCUT2D eigenvalue weighted by molar-refractivity contribution is -0.119. The molecule has 0 unspecified atom stereocenters. The fourth-order valence-electron chi connectivity index (χ4n) is 2.94. The van der Waals surface area contributed by atoms with Gasteiger partial charge in [0.1, 0.15) is 11.3 Å². The number of amides is 2. The number of nitrogens with zero attached hydrogens (tertiary/aromatic N) is 1. The second-order valence-corrected chi connectivity index (χ2v) is 6.83. The first-order valence-corrected chi connectivity index (χ1v) is 8.66. The maximum absolute atomic E-state index is 12.7. The van der Waals surface area contributed by atoms with Crippen LogP contribution in [0.4, 0.5) is 11.4 Å². The van der Waals surface area contributed by atoms with Crippen LogP contribution in [-0.4, -0.2) is 23.5 Å². The van der Waals surface area contributed by atoms with E-state index in [1.807, 2.05) is 32.0 Å². The molecule has 0 spiro atoms. The first-order chi connectivity index (χ1) is 12.4. The van der Waals surface area contributed by atoms with Gasteiger partial charge in [-0.05, 0) is 35.7 Å². The van der Waals surface area contributed by atoms with Gasteiger partial charge < -0.3 is 15.3 Å². The van der Waals surface area contributed by atoms with E-state index in [0.29, 0.717) is 16.4 Å². The molecule has 0 saturated heterocycles. The Morgan fingerprint density at radius 3 is 2.62 bits per heavy atom. The van der Waals surface area contributed by atoms with Gasteiger partial charge in [0.05, 0.1) is 6.54 Å². The number of nitrogens with one attached hydrogen (secondary N) is 1. The van der Waals surface area contributed by atoms with E-state index in [0.717, 1.165) is 5.56 Å². The molecule has 0 aromatic heterocycles. The molecule has 2 amide bonds. The Hall–Kier alpha value is -2.79. The lowest BCUT2D eigenvalue weighted by atomic mass is 10.0. The Labute approximate surface area is 156 Å². The number of para-hydroxylation sites is 1. The molecule has 134 valence electrons. The largest absolute Gasteiger partial charge is 0.509 e. The Morgan fingerprint density at radius 2 is 1.92 bits per heavy atom. The third-order valence-corrected chi connectivity index (χ3v) is 4.47. The number of aliphatic hydroxyl groups excluding tert-OH is 1. The molecular formula is C20H19ClN2O3. The normalized spacial score (nSPS) is 14.3. The summed E-state index contributed by atoms with van der Waals surface area (Å²) >= 11 is 5.97. The quantitative estimate of drug-likeness (QED) is 0.790. The first kappa shape index (κ1) is 18.0. The minimum absolute atomic E-state index is 0.0617. The zero-order chi connectivity index (χ0) is 18.8. The molecule has 2 aromatic carbocycles. The zero-order valence-corrected chi connectivity index (χ0v) is 15.2. The van der Waals surface area contributed by atoms with Gasteiger partial charge in [0.15, 0.2) is 0 Å². The minimum Gasteiger partial charge on any atom is -0.509 e. The maximum atomic E-state index is 12.7. The minimum atomic E-state index is -0.620. The number of rotatable bonds is 4. The monoisotopic (exact) mass is 370 g/mol. The fraction of sp³-hybridized carbons (Fsp3) is 0.200. The van der Waals surface area contributed by atoms with E-state index in [4.69, 9.17) is 11.6 Å². The molecule has 2 N–H and O–H groups in total. The van der Waals surface area contributed by atoms with Crippen molar-refractivity contribution >= 4 is 34.8 Å². The summed E-state index contributed by atoms with van der Waals surface area (Å²) in [4.78, 5) is 26.7. The van der Waals surface area contributed by atoms with E-state index in [1.165, 1.54) is 4.90 Å². The molecule has 0 bridgehead atoms. The van der Waals surface area contributed by atoms with Crippen LogP contribution in [-0.2, 0) is 9.59 Å². The molecule has 0 radical (unpaired) electrons. The van der Waals surface area contributed by atoms with Gasteiger partial charge in [-0.3, -0.25) is 9.59 Å². The number of anilines is 2. The second kappa shape index (κ2) is 7.22. The highest BCUT2D eigenvalue weighted by Crippen LogP contribution is 2.29. The average Bonchev–Trinajstić information content (AvgIpc) is 2.89. The predicted molar refractivity (Wildman–Crippen MR) is 103 cm³/mol. The average molecular weight is 371 g/mol. The van der Waals surface area contributed by atoms with E-state index in [2.05, 4.69) is 5.32 Å². The van der Waals surface area contributed by atoms with Crippen molar-refractivity contribution < 1.29 is 14.7 Å². The van der Waals surface area contributed by atoms with Crippen molar-refractivity contribution in [3.8, 4) is 0 Å². The van der Waals surface area contributed by atoms with E-state index in [1.54, 1.807) is 30.3 Å². The van der Waals surface area contributed by atoms with Crippen LogP contribution in [0.2, 0.25) is 5.02 Å². The molecule has 3 rings (SSSR count). The number of carbonyl (C=O) groups is 2. The Bertz CT molecular complexity index is 905. The van der Waals surface area contributed by atoms with Gasteiger partial charge in [-0.1, -0.05) is 49.7 Å². The number of hydrogen-bond acceptors (Lipinski definition) is 3. The van der Waals surface area contributed by atoms with E-state index in [9.17, 15) is 14.7 Å². The summed E-state index contributed by atoms with van der Waals surface area (Å²) in [5.41, 5.74) is 1.86. The predicted octanol–water partition coefficient (Wildman–Crippen LogP) is 4.26. The SMILES string of the molecule is CC(C)c1ccccc1NC(=O)C1=C(O)CN(c2cccc(Cl)c2)C1=O. The lowest BCUT2D eigenvalue weighted by Crippen LogP contribution is -2.30. The summed E-state index contributed by atoms with van der Waals surface area (Å²) in [6.45, 7) is 3.97. The van der Waals surface area contributed by atoms with Crippen LogP contribution < -0.4 is 10.2 Å². The fourth-order valence-corrected chi connectivity index (χ4v) is 3.12. The summed E-state index contributed by atoms with van der Waals surface area (Å²) in [7, 11) is 0. The number of benzene rings is 2. The van der Waals surface area contributed by atoms with Gasteiger partial charge >= 0.3 is 0 Å². The topological polar surface area (TPSA) is 69.6 Å². The Morgan fingerprint density at radius 1 is 1.19 bits per heavy atom. The molecule has 2 aromatic rings. The zero-order valence-electron chi connectivity index (χ0n) is 14.5. The van der Waals surface area contributed by atoms with Crippen LogP contribution in [0.15, 0.2) is 59.9 Å². The number of halogens is 1. The third-order valence-electron chi connectivity index (χ3n) is 4.23. The molecule has 0 atom stereocenters. The van der Waals surface area contributed by atoms with Crippen molar-refractivity contribution in [3.05, 3.63) is 70.4 Å². The van der Waals surface area contributed by atoms with Crippen LogP contribution in [0.1, 0.15) is 25.3 Å². The van der Waals surface area contributed by atoms with Gasteiger partial charge in [0.2, 0.25) is 0 Å². The van der Waals surface area contributed by atoms with Crippen molar-refractivity contribution in [2.24, 2.45) is 0 Å². The van der Waals surface area contributed by atoms with E-state index < -0.39 is 11.8 Å². The van der Waals surface area contributed by atoms with Crippen molar-refractivity contribution in [2.75, 3.05) is 16.8 Å². The Kier molecular flexibility index (Phi) is 5.00. The van der Waals surface area contributed by atoms with Crippen LogP contribution >= 0.6 is 11.6 Å². The van der Waals surface area contributed by atoms with Crippen molar-refractivity contribution in [3.63, 3.8) is 0 Å². The smallest absolute Gasteiger partial charge is 0.267 e. The molecule has 6 heteroatoms. The van der Waals surface area contributed by atoms with Gasteiger partial charge in [-0.25, -0.2) is 0 Å². The standard InChI is InChI=1S/C20H19ClN2O3/c1-12(2)15-8-3-4-9-16(15)22-19(25)18-17(24)11-23(20(18)26)14-7-5-6-13(21)10-14/h3-10,12,24H,11H2,1-2H3,(H,22,25). The summed E-state index contributed by atoms with van der Waals surface area (Å²) in [5.74, 6) is -1.22. The summed E-state index contributed by atoms with van der Waals surface area (Å²) < 4.78 is 0. The highest BCUT2D eigenvalue weighted by atomic mass is 35.5. The van der Waals surface area contributed by atoms with E-state index >= 15 is 0 Å². The molecule has 1 aliphatic heterocycles. The van der Waals surface area contributed by atoms with E-state index in [-0.39, 0.29) is 23.8 Å². The van der Waals surface area contributed by atoms with Gasteiger partial charge in [0.25, 0.3) is 11.8 Å². The lowest BCUT2D eigenvalue weighted by Gasteiger charge is -2.17. The van der Waals surface area contributed by atoms with Crippen molar-refractivity contribution in [2.45, 2.75) is 19.8 Å². The Balaban J connectivity index is 1.84. The molecule has 0 saturated carbocycles. The van der Waals surface area contributed by atoms with Crippen LogP contribution in [0.3, 0.4) is 0 Å². The summed E-state index contributed by atoms with van der Waals surface area (Å²) in [5, 5.41) is 13.4. The number of carbonyl (C=O) groups excluding carboxylic acids is 2. The maximum Gasteiger partial charge on any atom is 0.267 e. The van der Waals surface area contributed by atoms with Crippen LogP contribution in [0.25, 0.3) is 0 Å². The molecule has 1 heterocycles. The summed E-state index contributed by atoms with van der Waals surface area (Å²) in [6, 6.07) is 14.1. The third kappa shape index (κ3) is 3.44. The molecular weight excluding hydrogens is 352 g/mol. The summed E-state index contributed by atoms with van der Waals surface area (Å²) in [6.07, 6.45) is 0. The highest BCUT2D eigenvalue weighted by Gasteiger charge is 2.36.